The van der Waals surface area contributed by atoms with Crippen LogP contribution in [0.25, 0.3) is 10.8 Å². The fourth-order valence-corrected chi connectivity index (χ4v) is 4.49. The Labute approximate surface area is 174 Å². The summed E-state index contributed by atoms with van der Waals surface area (Å²) in [5, 5.41) is 1.54. The quantitative estimate of drug-likeness (QED) is 0.458. The summed E-state index contributed by atoms with van der Waals surface area (Å²) in [6, 6.07) is 17.4. The first-order valence-corrected chi connectivity index (χ1v) is 10.3. The normalized spacial score (nSPS) is 16.3. The second-order valence-corrected chi connectivity index (χ2v) is 7.95. The zero-order valence-electron chi connectivity index (χ0n) is 16.5. The number of hydrogen-bond acceptors (Lipinski definition) is 4. The molecule has 5 nitrogen and oxygen atoms in total. The number of nitrogens with zero attached hydrogens (tertiary/aromatic N) is 1. The summed E-state index contributed by atoms with van der Waals surface area (Å²) < 4.78 is 5.48. The van der Waals surface area contributed by atoms with Gasteiger partial charge in [-0.1, -0.05) is 43.2 Å². The predicted octanol–water partition coefficient (Wildman–Crippen LogP) is 4.99. The van der Waals surface area contributed by atoms with Crippen molar-refractivity contribution in [3.63, 3.8) is 0 Å². The van der Waals surface area contributed by atoms with Crippen molar-refractivity contribution >= 4 is 34.2 Å². The minimum absolute atomic E-state index is 0.336. The van der Waals surface area contributed by atoms with Gasteiger partial charge in [-0.05, 0) is 54.5 Å². The third kappa shape index (κ3) is 3.07. The summed E-state index contributed by atoms with van der Waals surface area (Å²) >= 11 is 0. The van der Waals surface area contributed by atoms with Crippen molar-refractivity contribution in [2.45, 2.75) is 25.7 Å². The standard InChI is InChI=1S/C25H21NO4/c27-23-20-12-4-8-17-9-5-13-21(22(17)20)24(28)26(23)19-11-3-10-18(14-19)25(29)30-15-16-6-1-2-7-16/h3-5,8-14,16H,1-2,6-7,15H2. The number of imide groups is 1. The Morgan fingerprint density at radius 3 is 2.20 bits per heavy atom. The molecule has 0 saturated heterocycles. The molecule has 2 amide bonds. The van der Waals surface area contributed by atoms with Gasteiger partial charge in [0.2, 0.25) is 0 Å². The van der Waals surface area contributed by atoms with Gasteiger partial charge in [0, 0.05) is 16.5 Å². The maximum atomic E-state index is 13.2. The summed E-state index contributed by atoms with van der Waals surface area (Å²) in [5.41, 5.74) is 1.67. The highest BCUT2D eigenvalue weighted by atomic mass is 16.5. The van der Waals surface area contributed by atoms with Gasteiger partial charge >= 0.3 is 5.97 Å². The van der Waals surface area contributed by atoms with Crippen LogP contribution < -0.4 is 4.90 Å². The van der Waals surface area contributed by atoms with E-state index < -0.39 is 5.97 Å². The Kier molecular flexibility index (Phi) is 4.58. The van der Waals surface area contributed by atoms with Crippen LogP contribution in [0.4, 0.5) is 5.69 Å². The molecule has 1 heterocycles. The summed E-state index contributed by atoms with van der Waals surface area (Å²) in [7, 11) is 0. The zero-order chi connectivity index (χ0) is 20.7. The van der Waals surface area contributed by atoms with Crippen LogP contribution in [0.1, 0.15) is 56.8 Å². The third-order valence-electron chi connectivity index (χ3n) is 6.04. The lowest BCUT2D eigenvalue weighted by molar-refractivity contribution is 0.0442. The van der Waals surface area contributed by atoms with E-state index in [1.165, 1.54) is 12.8 Å². The summed E-state index contributed by atoms with van der Waals surface area (Å²) in [6.45, 7) is 0.417. The van der Waals surface area contributed by atoms with Crippen molar-refractivity contribution in [3.05, 3.63) is 77.4 Å². The van der Waals surface area contributed by atoms with Crippen LogP contribution in [0, 0.1) is 5.92 Å². The monoisotopic (exact) mass is 399 g/mol. The average Bonchev–Trinajstić information content (AvgIpc) is 3.30. The number of rotatable bonds is 4. The molecule has 1 fully saturated rings. The smallest absolute Gasteiger partial charge is 0.338 e. The van der Waals surface area contributed by atoms with Crippen LogP contribution in [0.5, 0.6) is 0 Å². The molecule has 0 radical (unpaired) electrons. The van der Waals surface area contributed by atoms with Gasteiger partial charge in [-0.3, -0.25) is 9.59 Å². The van der Waals surface area contributed by atoms with Gasteiger partial charge < -0.3 is 4.74 Å². The number of benzene rings is 3. The number of hydrogen-bond donors (Lipinski definition) is 0. The second kappa shape index (κ2) is 7.41. The first-order valence-electron chi connectivity index (χ1n) is 10.3. The van der Waals surface area contributed by atoms with E-state index in [9.17, 15) is 14.4 Å². The molecule has 0 atom stereocenters. The Morgan fingerprint density at radius 2 is 1.53 bits per heavy atom. The van der Waals surface area contributed by atoms with Crippen molar-refractivity contribution < 1.29 is 19.1 Å². The first-order chi connectivity index (χ1) is 14.6. The van der Waals surface area contributed by atoms with E-state index >= 15 is 0 Å². The molecule has 3 aromatic rings. The van der Waals surface area contributed by atoms with Gasteiger partial charge in [0.15, 0.2) is 0 Å². The highest BCUT2D eigenvalue weighted by molar-refractivity contribution is 6.35. The molecule has 0 bridgehead atoms. The van der Waals surface area contributed by atoms with Crippen molar-refractivity contribution in [2.24, 2.45) is 5.92 Å². The third-order valence-corrected chi connectivity index (χ3v) is 6.04. The zero-order valence-corrected chi connectivity index (χ0v) is 16.5. The molecule has 5 heteroatoms. The molecule has 0 spiro atoms. The molecular formula is C25H21NO4. The Morgan fingerprint density at radius 1 is 0.900 bits per heavy atom. The maximum Gasteiger partial charge on any atom is 0.338 e. The molecule has 1 aliphatic carbocycles. The van der Waals surface area contributed by atoms with E-state index in [1.807, 2.05) is 24.3 Å². The van der Waals surface area contributed by atoms with Gasteiger partial charge in [-0.15, -0.1) is 0 Å². The number of carbonyl (C=O) groups is 3. The van der Waals surface area contributed by atoms with E-state index in [2.05, 4.69) is 0 Å². The van der Waals surface area contributed by atoms with Crippen LogP contribution >= 0.6 is 0 Å². The van der Waals surface area contributed by atoms with Crippen molar-refractivity contribution in [2.75, 3.05) is 11.5 Å². The molecule has 0 N–H and O–H groups in total. The number of esters is 1. The predicted molar refractivity (Wildman–Crippen MR) is 114 cm³/mol. The molecule has 150 valence electrons. The van der Waals surface area contributed by atoms with E-state index in [0.717, 1.165) is 23.1 Å². The number of carbonyl (C=O) groups excluding carboxylic acids is 3. The SMILES string of the molecule is O=C(OCC1CCCC1)c1cccc(N2C(=O)c3cccc4cccc(c34)C2=O)c1. The number of anilines is 1. The van der Waals surface area contributed by atoms with Crippen LogP contribution in [0.3, 0.4) is 0 Å². The van der Waals surface area contributed by atoms with Crippen molar-refractivity contribution in [1.29, 1.82) is 0 Å². The molecule has 1 saturated carbocycles. The largest absolute Gasteiger partial charge is 0.462 e. The second-order valence-electron chi connectivity index (χ2n) is 7.95. The molecular weight excluding hydrogens is 378 g/mol. The van der Waals surface area contributed by atoms with Gasteiger partial charge in [0.1, 0.15) is 0 Å². The van der Waals surface area contributed by atoms with E-state index in [-0.39, 0.29) is 11.8 Å². The summed E-state index contributed by atoms with van der Waals surface area (Å²) in [6.07, 6.45) is 4.56. The highest BCUT2D eigenvalue weighted by Crippen LogP contribution is 2.33. The average molecular weight is 399 g/mol. The van der Waals surface area contributed by atoms with Crippen molar-refractivity contribution in [1.82, 2.24) is 0 Å². The minimum Gasteiger partial charge on any atom is -0.462 e. The maximum absolute atomic E-state index is 13.2. The lowest BCUT2D eigenvalue weighted by Crippen LogP contribution is -2.40. The number of ether oxygens (including phenoxy) is 1. The first kappa shape index (κ1) is 18.6. The lowest BCUT2D eigenvalue weighted by Gasteiger charge is -2.27. The molecule has 0 aromatic heterocycles. The highest BCUT2D eigenvalue weighted by Gasteiger charge is 2.34. The van der Waals surface area contributed by atoms with Gasteiger partial charge in [0.25, 0.3) is 11.8 Å². The lowest BCUT2D eigenvalue weighted by atomic mass is 9.93. The molecule has 2 aliphatic rings. The molecule has 5 rings (SSSR count). The van der Waals surface area contributed by atoms with E-state index in [0.29, 0.717) is 40.3 Å². The summed E-state index contributed by atoms with van der Waals surface area (Å²) in [5.74, 6) is -0.774. The molecule has 3 aromatic carbocycles. The van der Waals surface area contributed by atoms with Gasteiger partial charge in [0.05, 0.1) is 17.9 Å². The topological polar surface area (TPSA) is 63.7 Å². The molecule has 30 heavy (non-hydrogen) atoms. The van der Waals surface area contributed by atoms with Crippen LogP contribution in [-0.4, -0.2) is 24.4 Å². The summed E-state index contributed by atoms with van der Waals surface area (Å²) in [4.78, 5) is 40.1. The van der Waals surface area contributed by atoms with Gasteiger partial charge in [-0.25, -0.2) is 9.69 Å². The van der Waals surface area contributed by atoms with Crippen LogP contribution in [0.15, 0.2) is 60.7 Å². The Bertz CT molecular complexity index is 1130. The Balaban J connectivity index is 1.46. The molecule has 1 aliphatic heterocycles. The Hall–Kier alpha value is -3.47. The fourth-order valence-electron chi connectivity index (χ4n) is 4.49. The molecule has 0 unspecified atom stereocenters. The van der Waals surface area contributed by atoms with Crippen LogP contribution in [-0.2, 0) is 4.74 Å². The number of amides is 2. The van der Waals surface area contributed by atoms with Crippen molar-refractivity contribution in [3.8, 4) is 0 Å². The van der Waals surface area contributed by atoms with Gasteiger partial charge in [-0.2, -0.15) is 0 Å². The van der Waals surface area contributed by atoms with E-state index in [4.69, 9.17) is 4.74 Å². The van der Waals surface area contributed by atoms with E-state index in [1.54, 1.807) is 36.4 Å². The minimum atomic E-state index is -0.428. The van der Waals surface area contributed by atoms with Crippen LogP contribution in [0.2, 0.25) is 0 Å². The fraction of sp³-hybridized carbons (Fsp3) is 0.240.